The lowest BCUT2D eigenvalue weighted by molar-refractivity contribution is 0.313. The van der Waals surface area contributed by atoms with E-state index in [2.05, 4.69) is 15.0 Å². The van der Waals surface area contributed by atoms with Gasteiger partial charge in [-0.25, -0.2) is 15.0 Å². The van der Waals surface area contributed by atoms with Gasteiger partial charge in [-0.3, -0.25) is 0 Å². The van der Waals surface area contributed by atoms with Crippen molar-refractivity contribution in [2.24, 2.45) is 0 Å². The predicted molar refractivity (Wildman–Crippen MR) is 62.0 cm³/mol. The van der Waals surface area contributed by atoms with E-state index in [9.17, 15) is 0 Å². The topological polar surface area (TPSA) is 110 Å². The molecule has 0 fully saturated rings. The zero-order chi connectivity index (χ0) is 12.3. The number of imidazole rings is 1. The standard InChI is InChI=1S/C10H13N5O2/c11-9-8-10(13-5-12-9)15(6-14-8)3-7(4-17)1-2-16/h1,5-6,16-17H,2-4H2,(H2,11,12,13)/b7-1+. The summed E-state index contributed by atoms with van der Waals surface area (Å²) in [5.41, 5.74) is 7.49. The first-order valence-electron chi connectivity index (χ1n) is 5.07. The molecule has 4 N–H and O–H groups in total. The van der Waals surface area contributed by atoms with Crippen molar-refractivity contribution in [3.05, 3.63) is 24.3 Å². The van der Waals surface area contributed by atoms with E-state index in [-0.39, 0.29) is 13.2 Å². The molecule has 0 unspecified atom stereocenters. The third-order valence-corrected chi connectivity index (χ3v) is 2.39. The molecule has 0 atom stereocenters. The average Bonchev–Trinajstić information content (AvgIpc) is 2.73. The van der Waals surface area contributed by atoms with E-state index in [1.807, 2.05) is 0 Å². The summed E-state index contributed by atoms with van der Waals surface area (Å²) in [6, 6.07) is 0. The largest absolute Gasteiger partial charge is 0.392 e. The molecule has 7 nitrogen and oxygen atoms in total. The molecule has 2 heterocycles. The van der Waals surface area contributed by atoms with Crippen molar-refractivity contribution in [1.82, 2.24) is 19.5 Å². The maximum atomic E-state index is 9.11. The molecule has 0 saturated heterocycles. The number of aliphatic hydroxyl groups excluding tert-OH is 2. The highest BCUT2D eigenvalue weighted by molar-refractivity contribution is 5.81. The third kappa shape index (κ3) is 2.24. The van der Waals surface area contributed by atoms with Gasteiger partial charge in [0.2, 0.25) is 0 Å². The minimum absolute atomic E-state index is 0.111. The van der Waals surface area contributed by atoms with Crippen LogP contribution in [0.5, 0.6) is 0 Å². The second-order valence-corrected chi connectivity index (χ2v) is 3.51. The molecule has 0 aliphatic heterocycles. The molecule has 0 saturated carbocycles. The lowest BCUT2D eigenvalue weighted by Gasteiger charge is -2.05. The number of nitrogen functional groups attached to an aromatic ring is 1. The van der Waals surface area contributed by atoms with Gasteiger partial charge >= 0.3 is 0 Å². The predicted octanol–water partition coefficient (Wildman–Crippen LogP) is -0.681. The summed E-state index contributed by atoms with van der Waals surface area (Å²) >= 11 is 0. The van der Waals surface area contributed by atoms with E-state index < -0.39 is 0 Å². The minimum Gasteiger partial charge on any atom is -0.392 e. The van der Waals surface area contributed by atoms with Gasteiger partial charge in [-0.15, -0.1) is 0 Å². The summed E-state index contributed by atoms with van der Waals surface area (Å²) in [4.78, 5) is 12.0. The van der Waals surface area contributed by atoms with Crippen LogP contribution in [0.1, 0.15) is 0 Å². The molecule has 90 valence electrons. The van der Waals surface area contributed by atoms with E-state index in [0.717, 1.165) is 0 Å². The average molecular weight is 235 g/mol. The summed E-state index contributed by atoms with van der Waals surface area (Å²) in [6.45, 7) is 0.171. The van der Waals surface area contributed by atoms with Gasteiger partial charge in [0.15, 0.2) is 11.5 Å². The van der Waals surface area contributed by atoms with Gasteiger partial charge in [0.1, 0.15) is 11.8 Å². The molecule has 2 aromatic heterocycles. The SMILES string of the molecule is Nc1ncnc2c1ncn2C/C(=C\CO)CO. The first kappa shape index (κ1) is 11.5. The molecular weight excluding hydrogens is 222 g/mol. The lowest BCUT2D eigenvalue weighted by Crippen LogP contribution is -2.05. The first-order chi connectivity index (χ1) is 8.26. The Morgan fingerprint density at radius 1 is 1.35 bits per heavy atom. The van der Waals surface area contributed by atoms with Crippen molar-refractivity contribution in [1.29, 1.82) is 0 Å². The van der Waals surface area contributed by atoms with Crippen LogP contribution < -0.4 is 5.73 Å². The Balaban J connectivity index is 2.37. The van der Waals surface area contributed by atoms with Crippen molar-refractivity contribution in [3.63, 3.8) is 0 Å². The second kappa shape index (κ2) is 4.89. The Hall–Kier alpha value is -1.99. The summed E-state index contributed by atoms with van der Waals surface area (Å²) in [5.74, 6) is 0.324. The lowest BCUT2D eigenvalue weighted by atomic mass is 10.2. The molecule has 0 amide bonds. The van der Waals surface area contributed by atoms with Crippen molar-refractivity contribution >= 4 is 17.0 Å². The molecule has 2 rings (SSSR count). The molecule has 0 aromatic carbocycles. The van der Waals surface area contributed by atoms with Crippen LogP contribution in [0.2, 0.25) is 0 Å². The van der Waals surface area contributed by atoms with E-state index >= 15 is 0 Å². The van der Waals surface area contributed by atoms with Gasteiger partial charge in [-0.2, -0.15) is 0 Å². The smallest absolute Gasteiger partial charge is 0.165 e. The van der Waals surface area contributed by atoms with Crippen LogP contribution in [0.4, 0.5) is 5.82 Å². The first-order valence-corrected chi connectivity index (χ1v) is 5.07. The van der Waals surface area contributed by atoms with E-state index in [1.165, 1.54) is 6.33 Å². The van der Waals surface area contributed by atoms with Gasteiger partial charge < -0.3 is 20.5 Å². The van der Waals surface area contributed by atoms with Crippen LogP contribution in [0.3, 0.4) is 0 Å². The fourth-order valence-electron chi connectivity index (χ4n) is 1.54. The number of anilines is 1. The van der Waals surface area contributed by atoms with Crippen molar-refractivity contribution in [3.8, 4) is 0 Å². The number of hydrogen-bond donors (Lipinski definition) is 3. The van der Waals surface area contributed by atoms with Crippen LogP contribution in [-0.4, -0.2) is 42.9 Å². The van der Waals surface area contributed by atoms with E-state index in [1.54, 1.807) is 17.0 Å². The molecule has 0 aliphatic carbocycles. The molecule has 0 radical (unpaired) electrons. The van der Waals surface area contributed by atoms with E-state index in [0.29, 0.717) is 29.1 Å². The Bertz CT molecular complexity index is 549. The van der Waals surface area contributed by atoms with Crippen LogP contribution in [0.25, 0.3) is 11.2 Å². The third-order valence-electron chi connectivity index (χ3n) is 2.39. The zero-order valence-corrected chi connectivity index (χ0v) is 9.11. The Kier molecular flexibility index (Phi) is 3.31. The maximum absolute atomic E-state index is 9.11. The Morgan fingerprint density at radius 2 is 2.18 bits per heavy atom. The molecule has 2 aromatic rings. The van der Waals surface area contributed by atoms with Crippen molar-refractivity contribution < 1.29 is 10.2 Å². The molecular formula is C10H13N5O2. The van der Waals surface area contributed by atoms with E-state index in [4.69, 9.17) is 15.9 Å². The zero-order valence-electron chi connectivity index (χ0n) is 9.11. The molecule has 0 spiro atoms. The van der Waals surface area contributed by atoms with Gasteiger partial charge in [0, 0.05) is 6.54 Å². The number of aliphatic hydroxyl groups is 2. The number of rotatable bonds is 4. The monoisotopic (exact) mass is 235 g/mol. The summed E-state index contributed by atoms with van der Waals surface area (Å²) in [6.07, 6.45) is 4.50. The van der Waals surface area contributed by atoms with Gasteiger partial charge in [0.05, 0.1) is 19.5 Å². The van der Waals surface area contributed by atoms with Crippen LogP contribution >= 0.6 is 0 Å². The molecule has 0 bridgehead atoms. The maximum Gasteiger partial charge on any atom is 0.165 e. The highest BCUT2D eigenvalue weighted by Crippen LogP contribution is 2.15. The van der Waals surface area contributed by atoms with Crippen molar-refractivity contribution in [2.45, 2.75) is 6.54 Å². The molecule has 17 heavy (non-hydrogen) atoms. The van der Waals surface area contributed by atoms with Gasteiger partial charge in [-0.05, 0) is 5.57 Å². The van der Waals surface area contributed by atoms with Gasteiger partial charge in [-0.1, -0.05) is 6.08 Å². The summed E-state index contributed by atoms with van der Waals surface area (Å²) in [7, 11) is 0. The fraction of sp³-hybridized carbons (Fsp3) is 0.300. The summed E-state index contributed by atoms with van der Waals surface area (Å²) < 4.78 is 1.74. The Labute approximate surface area is 97.3 Å². The van der Waals surface area contributed by atoms with Crippen LogP contribution in [-0.2, 0) is 6.54 Å². The number of nitrogens with two attached hydrogens (primary N) is 1. The van der Waals surface area contributed by atoms with Gasteiger partial charge in [0.25, 0.3) is 0 Å². The quantitative estimate of drug-likeness (QED) is 0.605. The fourth-order valence-corrected chi connectivity index (χ4v) is 1.54. The van der Waals surface area contributed by atoms with Crippen LogP contribution in [0.15, 0.2) is 24.3 Å². The Morgan fingerprint density at radius 3 is 2.88 bits per heavy atom. The van der Waals surface area contributed by atoms with Crippen LogP contribution in [0, 0.1) is 0 Å². The molecule has 7 heteroatoms. The highest BCUT2D eigenvalue weighted by atomic mass is 16.3. The number of fused-ring (bicyclic) bond motifs is 1. The normalized spacial score (nSPS) is 12.2. The molecule has 0 aliphatic rings. The summed E-state index contributed by atoms with van der Waals surface area (Å²) in [5, 5.41) is 17.9. The second-order valence-electron chi connectivity index (χ2n) is 3.51. The number of aromatic nitrogens is 4. The highest BCUT2D eigenvalue weighted by Gasteiger charge is 2.08. The number of nitrogens with zero attached hydrogens (tertiary/aromatic N) is 4. The van der Waals surface area contributed by atoms with Crippen molar-refractivity contribution in [2.75, 3.05) is 18.9 Å². The minimum atomic E-state index is -0.124. The number of hydrogen-bond acceptors (Lipinski definition) is 6.